The van der Waals surface area contributed by atoms with Crippen molar-refractivity contribution in [3.63, 3.8) is 0 Å². The summed E-state index contributed by atoms with van der Waals surface area (Å²) in [5, 5.41) is 0. The zero-order chi connectivity index (χ0) is 33.1. The summed E-state index contributed by atoms with van der Waals surface area (Å²) in [7, 11) is 0. The normalized spacial score (nSPS) is 12.6. The highest BCUT2D eigenvalue weighted by atomic mass is 16.5. The zero-order valence-electron chi connectivity index (χ0n) is 29.2. The summed E-state index contributed by atoms with van der Waals surface area (Å²) >= 11 is 0. The van der Waals surface area contributed by atoms with Gasteiger partial charge in [-0.05, 0) is 88.8 Å². The molecule has 0 saturated carbocycles. The van der Waals surface area contributed by atoms with Crippen LogP contribution in [0.5, 0.6) is 11.5 Å². The number of esters is 2. The van der Waals surface area contributed by atoms with Crippen LogP contribution >= 0.6 is 0 Å². The van der Waals surface area contributed by atoms with Gasteiger partial charge in [0.25, 0.3) is 0 Å². The number of hydrogen-bond acceptors (Lipinski definition) is 4. The average Bonchev–Trinajstić information content (AvgIpc) is 3.01. The maximum absolute atomic E-state index is 13.5. The summed E-state index contributed by atoms with van der Waals surface area (Å²) in [6.07, 6.45) is 3.78. The number of benzene rings is 3. The molecule has 0 aromatic heterocycles. The van der Waals surface area contributed by atoms with Crippen LogP contribution in [-0.2, 0) is 21.7 Å². The van der Waals surface area contributed by atoms with E-state index in [1.165, 1.54) is 11.1 Å². The van der Waals surface area contributed by atoms with Gasteiger partial charge in [0.05, 0.1) is 11.1 Å². The lowest BCUT2D eigenvalue weighted by molar-refractivity contribution is 0.0731. The lowest BCUT2D eigenvalue weighted by Crippen LogP contribution is -2.22. The van der Waals surface area contributed by atoms with E-state index in [0.717, 1.165) is 36.8 Å². The Labute approximate surface area is 266 Å². The van der Waals surface area contributed by atoms with Crippen LogP contribution in [0.2, 0.25) is 0 Å². The molecule has 4 heteroatoms. The first-order valence-corrected chi connectivity index (χ1v) is 16.3. The van der Waals surface area contributed by atoms with Crippen LogP contribution in [0.3, 0.4) is 0 Å². The highest BCUT2D eigenvalue weighted by Crippen LogP contribution is 2.40. The fraction of sp³-hybridized carbons (Fsp3) is 0.500. The predicted molar refractivity (Wildman–Crippen MR) is 183 cm³/mol. The van der Waals surface area contributed by atoms with Gasteiger partial charge in [0.15, 0.2) is 0 Å². The SMILES string of the molecule is CCC(C)(C)c1ccc(OC(=O)c2cccc(C(=O)Oc3ccc(C(C)(C)CC)cc3C(C)(C)CC)c2)c(C(C)(C)CC)c1. The molecule has 3 aromatic carbocycles. The minimum atomic E-state index is -0.505. The Morgan fingerprint density at radius 3 is 1.16 bits per heavy atom. The second-order valence-electron chi connectivity index (χ2n) is 14.7. The molecule has 3 aromatic rings. The molecule has 44 heavy (non-hydrogen) atoms. The third kappa shape index (κ3) is 7.62. The van der Waals surface area contributed by atoms with E-state index in [4.69, 9.17) is 9.47 Å². The van der Waals surface area contributed by atoms with Gasteiger partial charge in [-0.3, -0.25) is 0 Å². The largest absolute Gasteiger partial charge is 0.423 e. The summed E-state index contributed by atoms with van der Waals surface area (Å²) in [6.45, 7) is 26.3. The standard InChI is InChI=1S/C40H54O4/c1-13-37(5,6)29-20-22-33(31(25-29)39(9,10)15-3)43-35(41)27-18-17-19-28(24-27)36(42)44-34-23-21-30(38(7,8)14-2)26-32(34)40(11,12)16-4/h17-26H,13-16H2,1-12H3. The van der Waals surface area contributed by atoms with Crippen molar-refractivity contribution in [2.75, 3.05) is 0 Å². The molecule has 0 radical (unpaired) electrons. The Morgan fingerprint density at radius 1 is 0.500 bits per heavy atom. The number of ether oxygens (including phenoxy) is 2. The van der Waals surface area contributed by atoms with Gasteiger partial charge < -0.3 is 9.47 Å². The van der Waals surface area contributed by atoms with E-state index in [9.17, 15) is 9.59 Å². The maximum Gasteiger partial charge on any atom is 0.343 e. The second kappa shape index (κ2) is 13.3. The molecule has 0 bridgehead atoms. The van der Waals surface area contributed by atoms with E-state index in [1.54, 1.807) is 24.3 Å². The van der Waals surface area contributed by atoms with E-state index >= 15 is 0 Å². The van der Waals surface area contributed by atoms with Crippen LogP contribution in [-0.4, -0.2) is 11.9 Å². The van der Waals surface area contributed by atoms with Crippen molar-refractivity contribution in [1.29, 1.82) is 0 Å². The Kier molecular flexibility index (Phi) is 10.6. The van der Waals surface area contributed by atoms with Crippen LogP contribution < -0.4 is 9.47 Å². The summed E-state index contributed by atoms with van der Waals surface area (Å²) < 4.78 is 12.0. The molecule has 0 saturated heterocycles. The maximum atomic E-state index is 13.5. The Hall–Kier alpha value is -3.40. The van der Waals surface area contributed by atoms with E-state index in [1.807, 2.05) is 12.1 Å². The lowest BCUT2D eigenvalue weighted by atomic mass is 9.76. The fourth-order valence-electron chi connectivity index (χ4n) is 5.02. The smallest absolute Gasteiger partial charge is 0.343 e. The van der Waals surface area contributed by atoms with E-state index in [2.05, 4.69) is 107 Å². The Balaban J connectivity index is 1.93. The van der Waals surface area contributed by atoms with Crippen LogP contribution in [0, 0.1) is 0 Å². The van der Waals surface area contributed by atoms with Crippen molar-refractivity contribution in [2.24, 2.45) is 0 Å². The summed E-state index contributed by atoms with van der Waals surface area (Å²) in [5.74, 6) is 0.0857. The van der Waals surface area contributed by atoms with E-state index in [0.29, 0.717) is 22.6 Å². The summed E-state index contributed by atoms with van der Waals surface area (Å²) in [4.78, 5) is 26.9. The molecule has 0 fully saturated rings. The molecular weight excluding hydrogens is 544 g/mol. The Morgan fingerprint density at radius 2 is 0.841 bits per heavy atom. The minimum absolute atomic E-state index is 0.00847. The molecule has 0 atom stereocenters. The van der Waals surface area contributed by atoms with Gasteiger partial charge in [-0.1, -0.05) is 113 Å². The van der Waals surface area contributed by atoms with Gasteiger partial charge >= 0.3 is 11.9 Å². The molecule has 4 nitrogen and oxygen atoms in total. The van der Waals surface area contributed by atoms with Gasteiger partial charge in [0.2, 0.25) is 0 Å². The molecule has 0 amide bonds. The van der Waals surface area contributed by atoms with E-state index < -0.39 is 11.9 Å². The van der Waals surface area contributed by atoms with Crippen molar-refractivity contribution in [3.8, 4) is 11.5 Å². The average molecular weight is 599 g/mol. The van der Waals surface area contributed by atoms with Crippen LogP contribution in [0.25, 0.3) is 0 Å². The summed E-state index contributed by atoms with van der Waals surface area (Å²) in [6, 6.07) is 18.9. The van der Waals surface area contributed by atoms with Gasteiger partial charge in [-0.15, -0.1) is 0 Å². The molecule has 0 aliphatic carbocycles. The zero-order valence-corrected chi connectivity index (χ0v) is 29.2. The number of carbonyl (C=O) groups is 2. The molecule has 3 rings (SSSR count). The third-order valence-corrected chi connectivity index (χ3v) is 10.3. The van der Waals surface area contributed by atoms with Crippen molar-refractivity contribution in [2.45, 2.75) is 130 Å². The topological polar surface area (TPSA) is 52.6 Å². The minimum Gasteiger partial charge on any atom is -0.423 e. The molecule has 0 N–H and O–H groups in total. The van der Waals surface area contributed by atoms with Crippen LogP contribution in [0.1, 0.15) is 152 Å². The molecule has 0 unspecified atom stereocenters. The van der Waals surface area contributed by atoms with Crippen molar-refractivity contribution in [1.82, 2.24) is 0 Å². The van der Waals surface area contributed by atoms with Crippen molar-refractivity contribution >= 4 is 11.9 Å². The monoisotopic (exact) mass is 598 g/mol. The van der Waals surface area contributed by atoms with Crippen molar-refractivity contribution < 1.29 is 19.1 Å². The first-order valence-electron chi connectivity index (χ1n) is 16.3. The molecule has 0 aliphatic heterocycles. The van der Waals surface area contributed by atoms with Gasteiger partial charge in [-0.2, -0.15) is 0 Å². The van der Waals surface area contributed by atoms with Gasteiger partial charge in [0, 0.05) is 11.1 Å². The third-order valence-electron chi connectivity index (χ3n) is 10.3. The van der Waals surface area contributed by atoms with Crippen LogP contribution in [0.15, 0.2) is 60.7 Å². The number of carbonyl (C=O) groups excluding carboxylic acids is 2. The quantitative estimate of drug-likeness (QED) is 0.154. The number of rotatable bonds is 12. The molecular formula is C40H54O4. The molecule has 0 heterocycles. The van der Waals surface area contributed by atoms with E-state index in [-0.39, 0.29) is 21.7 Å². The highest BCUT2D eigenvalue weighted by molar-refractivity contribution is 5.97. The Bertz CT molecular complexity index is 1380. The summed E-state index contributed by atoms with van der Waals surface area (Å²) in [5.41, 5.74) is 4.69. The second-order valence-corrected chi connectivity index (χ2v) is 14.7. The fourth-order valence-corrected chi connectivity index (χ4v) is 5.02. The molecule has 0 spiro atoms. The van der Waals surface area contributed by atoms with Gasteiger partial charge in [0.1, 0.15) is 11.5 Å². The predicted octanol–water partition coefficient (Wildman–Crippen LogP) is 10.9. The van der Waals surface area contributed by atoms with Gasteiger partial charge in [-0.25, -0.2) is 9.59 Å². The van der Waals surface area contributed by atoms with Crippen LogP contribution in [0.4, 0.5) is 0 Å². The van der Waals surface area contributed by atoms with Crippen molar-refractivity contribution in [3.05, 3.63) is 94.0 Å². The first kappa shape index (κ1) is 35.1. The molecule has 238 valence electrons. The first-order chi connectivity index (χ1) is 20.4. The molecule has 0 aliphatic rings. The lowest BCUT2D eigenvalue weighted by Gasteiger charge is -2.30. The highest BCUT2D eigenvalue weighted by Gasteiger charge is 2.29. The number of hydrogen-bond donors (Lipinski definition) is 0.